The molecule has 0 amide bonds. The minimum atomic E-state index is -1.21. The highest BCUT2D eigenvalue weighted by Crippen LogP contribution is 2.29. The standard InChI is InChI=1S/C14H10N2O2S/c1-9-6-10(4-5-16-9)13-3-2-12(19-13)7-11(8-15)14(17)18/h2-7H,1H3,(H,17,18)/b11-7-. The molecule has 2 aromatic rings. The molecule has 0 fully saturated rings. The zero-order valence-electron chi connectivity index (χ0n) is 10.1. The quantitative estimate of drug-likeness (QED) is 0.687. The largest absolute Gasteiger partial charge is 0.477 e. The molecule has 2 rings (SSSR count). The van der Waals surface area contributed by atoms with Crippen LogP contribution in [0.2, 0.25) is 0 Å². The van der Waals surface area contributed by atoms with Gasteiger partial charge in [0.25, 0.3) is 0 Å². The van der Waals surface area contributed by atoms with Crippen LogP contribution in [0, 0.1) is 18.3 Å². The third-order valence-corrected chi connectivity index (χ3v) is 3.53. The normalized spacial score (nSPS) is 11.1. The van der Waals surface area contributed by atoms with E-state index < -0.39 is 5.97 Å². The highest BCUT2D eigenvalue weighted by molar-refractivity contribution is 7.16. The molecule has 0 saturated heterocycles. The monoisotopic (exact) mass is 270 g/mol. The van der Waals surface area contributed by atoms with Crippen LogP contribution in [0.3, 0.4) is 0 Å². The molecule has 0 aliphatic rings. The number of hydrogen-bond donors (Lipinski definition) is 1. The first kappa shape index (κ1) is 13.0. The molecule has 0 spiro atoms. The molecule has 5 heteroatoms. The van der Waals surface area contributed by atoms with E-state index in [-0.39, 0.29) is 5.57 Å². The SMILES string of the molecule is Cc1cc(-c2ccc(/C=C(/C#N)C(=O)O)s2)ccn1. The van der Waals surface area contributed by atoms with Crippen molar-refractivity contribution in [3.8, 4) is 16.5 Å². The second-order valence-electron chi connectivity index (χ2n) is 3.86. The van der Waals surface area contributed by atoms with E-state index in [0.29, 0.717) is 0 Å². The van der Waals surface area contributed by atoms with Crippen molar-refractivity contribution in [2.45, 2.75) is 6.92 Å². The number of aromatic nitrogens is 1. The number of aliphatic carboxylic acids is 1. The Labute approximate surface area is 114 Å². The Kier molecular flexibility index (Phi) is 3.74. The van der Waals surface area contributed by atoms with Crippen molar-refractivity contribution in [3.05, 3.63) is 46.6 Å². The van der Waals surface area contributed by atoms with Crippen LogP contribution in [0.1, 0.15) is 10.6 Å². The Bertz CT molecular complexity index is 695. The summed E-state index contributed by atoms with van der Waals surface area (Å²) in [5, 5.41) is 17.5. The first-order valence-electron chi connectivity index (χ1n) is 5.48. The number of carboxylic acid groups (broad SMARTS) is 1. The maximum absolute atomic E-state index is 10.8. The van der Waals surface area contributed by atoms with E-state index in [1.807, 2.05) is 25.1 Å². The van der Waals surface area contributed by atoms with Gasteiger partial charge in [-0.2, -0.15) is 5.26 Å². The zero-order valence-corrected chi connectivity index (χ0v) is 10.9. The summed E-state index contributed by atoms with van der Waals surface area (Å²) in [4.78, 5) is 16.6. The van der Waals surface area contributed by atoms with Crippen molar-refractivity contribution in [2.75, 3.05) is 0 Å². The Balaban J connectivity index is 2.35. The molecule has 0 radical (unpaired) electrons. The lowest BCUT2D eigenvalue weighted by atomic mass is 10.2. The van der Waals surface area contributed by atoms with Gasteiger partial charge in [-0.3, -0.25) is 4.98 Å². The van der Waals surface area contributed by atoms with Crippen LogP contribution in [-0.2, 0) is 4.79 Å². The molecule has 19 heavy (non-hydrogen) atoms. The van der Waals surface area contributed by atoms with Gasteiger partial charge in [0.1, 0.15) is 11.6 Å². The summed E-state index contributed by atoms with van der Waals surface area (Å²) in [5.41, 5.74) is 1.69. The smallest absolute Gasteiger partial charge is 0.346 e. The van der Waals surface area contributed by atoms with Crippen LogP contribution >= 0.6 is 11.3 Å². The van der Waals surface area contributed by atoms with Gasteiger partial charge in [-0.05, 0) is 42.8 Å². The molecule has 1 N–H and O–H groups in total. The number of rotatable bonds is 3. The summed E-state index contributed by atoms with van der Waals surface area (Å²) in [6.45, 7) is 1.91. The van der Waals surface area contributed by atoms with E-state index in [9.17, 15) is 4.79 Å². The second-order valence-corrected chi connectivity index (χ2v) is 4.98. The van der Waals surface area contributed by atoms with Gasteiger partial charge in [-0.15, -0.1) is 11.3 Å². The number of nitrogens with zero attached hydrogens (tertiary/aromatic N) is 2. The topological polar surface area (TPSA) is 74.0 Å². The van der Waals surface area contributed by atoms with Crippen LogP contribution in [0.25, 0.3) is 16.5 Å². The molecular formula is C14H10N2O2S. The maximum atomic E-state index is 10.8. The van der Waals surface area contributed by atoms with Gasteiger partial charge in [0, 0.05) is 21.6 Å². The molecule has 0 bridgehead atoms. The van der Waals surface area contributed by atoms with Crippen molar-refractivity contribution in [1.82, 2.24) is 4.98 Å². The molecule has 0 aliphatic heterocycles. The van der Waals surface area contributed by atoms with Crippen molar-refractivity contribution >= 4 is 23.4 Å². The van der Waals surface area contributed by atoms with E-state index in [1.54, 1.807) is 18.3 Å². The lowest BCUT2D eigenvalue weighted by Crippen LogP contribution is -1.96. The van der Waals surface area contributed by atoms with Crippen LogP contribution in [0.4, 0.5) is 0 Å². The summed E-state index contributed by atoms with van der Waals surface area (Å²) in [6, 6.07) is 9.23. The number of pyridine rings is 1. The van der Waals surface area contributed by atoms with Gasteiger partial charge in [0.2, 0.25) is 0 Å². The first-order valence-corrected chi connectivity index (χ1v) is 6.30. The van der Waals surface area contributed by atoms with Gasteiger partial charge in [0.05, 0.1) is 0 Å². The molecule has 0 saturated carbocycles. The number of thiophene rings is 1. The molecule has 2 aromatic heterocycles. The number of aryl methyl sites for hydroxylation is 1. The number of carbonyl (C=O) groups is 1. The number of carboxylic acids is 1. The fourth-order valence-corrected chi connectivity index (χ4v) is 2.52. The molecule has 94 valence electrons. The molecule has 0 unspecified atom stereocenters. The van der Waals surface area contributed by atoms with E-state index in [4.69, 9.17) is 10.4 Å². The van der Waals surface area contributed by atoms with Crippen LogP contribution in [0.15, 0.2) is 36.0 Å². The fraction of sp³-hybridized carbons (Fsp3) is 0.0714. The Morgan fingerprint density at radius 1 is 1.47 bits per heavy atom. The predicted octanol–water partition coefficient (Wildman–Crippen LogP) is 3.11. The third-order valence-electron chi connectivity index (χ3n) is 2.45. The predicted molar refractivity (Wildman–Crippen MR) is 73.5 cm³/mol. The van der Waals surface area contributed by atoms with Crippen LogP contribution in [-0.4, -0.2) is 16.1 Å². The molecule has 0 aliphatic carbocycles. The van der Waals surface area contributed by atoms with E-state index in [1.165, 1.54) is 17.4 Å². The summed E-state index contributed by atoms with van der Waals surface area (Å²) in [5.74, 6) is -1.21. The van der Waals surface area contributed by atoms with Gasteiger partial charge in [0.15, 0.2) is 0 Å². The molecule has 0 atom stereocenters. The molecule has 0 aromatic carbocycles. The van der Waals surface area contributed by atoms with E-state index in [0.717, 1.165) is 21.0 Å². The average molecular weight is 270 g/mol. The average Bonchev–Trinajstić information content (AvgIpc) is 2.84. The fourth-order valence-electron chi connectivity index (χ4n) is 1.57. The Morgan fingerprint density at radius 3 is 2.89 bits per heavy atom. The second kappa shape index (κ2) is 5.46. The number of nitriles is 1. The van der Waals surface area contributed by atoms with Crippen LogP contribution in [0.5, 0.6) is 0 Å². The third kappa shape index (κ3) is 3.06. The van der Waals surface area contributed by atoms with Gasteiger partial charge >= 0.3 is 5.97 Å². The Hall–Kier alpha value is -2.45. The van der Waals surface area contributed by atoms with Crippen molar-refractivity contribution < 1.29 is 9.90 Å². The van der Waals surface area contributed by atoms with Gasteiger partial charge in [-0.25, -0.2) is 4.79 Å². The van der Waals surface area contributed by atoms with E-state index in [2.05, 4.69) is 4.98 Å². The van der Waals surface area contributed by atoms with Gasteiger partial charge in [-0.1, -0.05) is 0 Å². The maximum Gasteiger partial charge on any atom is 0.346 e. The van der Waals surface area contributed by atoms with Crippen molar-refractivity contribution in [1.29, 1.82) is 5.26 Å². The minimum absolute atomic E-state index is 0.265. The minimum Gasteiger partial charge on any atom is -0.477 e. The summed E-state index contributed by atoms with van der Waals surface area (Å²) in [7, 11) is 0. The summed E-state index contributed by atoms with van der Waals surface area (Å²) >= 11 is 1.44. The summed E-state index contributed by atoms with van der Waals surface area (Å²) < 4.78 is 0. The highest BCUT2D eigenvalue weighted by atomic mass is 32.1. The van der Waals surface area contributed by atoms with E-state index >= 15 is 0 Å². The highest BCUT2D eigenvalue weighted by Gasteiger charge is 2.08. The van der Waals surface area contributed by atoms with Crippen molar-refractivity contribution in [2.24, 2.45) is 0 Å². The molecular weight excluding hydrogens is 260 g/mol. The summed E-state index contributed by atoms with van der Waals surface area (Å²) in [6.07, 6.45) is 3.11. The molecule has 4 nitrogen and oxygen atoms in total. The lowest BCUT2D eigenvalue weighted by molar-refractivity contribution is -0.132. The van der Waals surface area contributed by atoms with Crippen molar-refractivity contribution in [3.63, 3.8) is 0 Å². The first-order chi connectivity index (χ1) is 9.10. The number of hydrogen-bond acceptors (Lipinski definition) is 4. The molecule has 2 heterocycles. The van der Waals surface area contributed by atoms with Crippen LogP contribution < -0.4 is 0 Å². The lowest BCUT2D eigenvalue weighted by Gasteiger charge is -1.97. The zero-order chi connectivity index (χ0) is 13.8. The Morgan fingerprint density at radius 2 is 2.26 bits per heavy atom. The van der Waals surface area contributed by atoms with Gasteiger partial charge < -0.3 is 5.11 Å².